The molecule has 0 heterocycles. The summed E-state index contributed by atoms with van der Waals surface area (Å²) in [4.78, 5) is 24.8. The maximum atomic E-state index is 12.5. The second-order valence-corrected chi connectivity index (χ2v) is 8.97. The van der Waals surface area contributed by atoms with Crippen LogP contribution in [0.25, 0.3) is 0 Å². The summed E-state index contributed by atoms with van der Waals surface area (Å²) in [6.07, 6.45) is -1.10. The van der Waals surface area contributed by atoms with Gasteiger partial charge in [0.1, 0.15) is 0 Å². The van der Waals surface area contributed by atoms with Crippen LogP contribution in [0.3, 0.4) is 0 Å². The Hall–Kier alpha value is -3.11. The van der Waals surface area contributed by atoms with Gasteiger partial charge in [-0.2, -0.15) is 0 Å². The first kappa shape index (κ1) is 25.2. The molecule has 32 heavy (non-hydrogen) atoms. The molecule has 0 bridgehead atoms. The van der Waals surface area contributed by atoms with Gasteiger partial charge in [-0.05, 0) is 62.2 Å². The monoisotopic (exact) mass is 464 g/mol. The Morgan fingerprint density at radius 3 is 2.22 bits per heavy atom. The Morgan fingerprint density at radius 1 is 1.00 bits per heavy atom. The van der Waals surface area contributed by atoms with Crippen LogP contribution in [-0.4, -0.2) is 39.6 Å². The zero-order chi connectivity index (χ0) is 23.9. The van der Waals surface area contributed by atoms with Crippen molar-refractivity contribution in [2.75, 3.05) is 18.5 Å². The number of amides is 1. The predicted octanol–water partition coefficient (Wildman–Crippen LogP) is 2.95. The summed E-state index contributed by atoms with van der Waals surface area (Å²) in [7, 11) is -3.83. The number of carbonyl (C=O) groups excluding carboxylic acids is 2. The number of rotatable bonds is 10. The Kier molecular flexibility index (Phi) is 8.62. The SMILES string of the molecule is CCOc1cc(C(=O)O[C@@H](C)C(=O)Nc2ccc(S(N)(=O)=O)cc2)ccc1OCC(C)C. The van der Waals surface area contributed by atoms with Crippen LogP contribution < -0.4 is 19.9 Å². The molecule has 3 N–H and O–H groups in total. The second kappa shape index (κ2) is 11.0. The lowest BCUT2D eigenvalue weighted by molar-refractivity contribution is -0.123. The van der Waals surface area contributed by atoms with Crippen molar-refractivity contribution in [1.29, 1.82) is 0 Å². The zero-order valence-corrected chi connectivity index (χ0v) is 19.3. The van der Waals surface area contributed by atoms with Crippen molar-refractivity contribution < 1.29 is 32.2 Å². The summed E-state index contributed by atoms with van der Waals surface area (Å²) in [5, 5.41) is 7.59. The number of nitrogens with one attached hydrogen (secondary N) is 1. The fourth-order valence-corrected chi connectivity index (χ4v) is 3.05. The third-order valence-electron chi connectivity index (χ3n) is 4.15. The van der Waals surface area contributed by atoms with E-state index >= 15 is 0 Å². The minimum atomic E-state index is -3.83. The Bertz CT molecular complexity index is 1050. The predicted molar refractivity (Wildman–Crippen MR) is 119 cm³/mol. The number of carbonyl (C=O) groups is 2. The van der Waals surface area contributed by atoms with Gasteiger partial charge >= 0.3 is 5.97 Å². The van der Waals surface area contributed by atoms with Crippen LogP contribution in [0.1, 0.15) is 38.1 Å². The van der Waals surface area contributed by atoms with E-state index < -0.39 is 28.0 Å². The van der Waals surface area contributed by atoms with E-state index in [4.69, 9.17) is 19.3 Å². The molecule has 0 spiro atoms. The summed E-state index contributed by atoms with van der Waals surface area (Å²) < 4.78 is 39.1. The van der Waals surface area contributed by atoms with Gasteiger partial charge in [0.15, 0.2) is 17.6 Å². The maximum Gasteiger partial charge on any atom is 0.339 e. The van der Waals surface area contributed by atoms with Gasteiger partial charge in [-0.1, -0.05) is 13.8 Å². The van der Waals surface area contributed by atoms with Crippen LogP contribution in [-0.2, 0) is 19.6 Å². The van der Waals surface area contributed by atoms with Crippen molar-refractivity contribution in [3.05, 3.63) is 48.0 Å². The van der Waals surface area contributed by atoms with Gasteiger partial charge in [0.05, 0.1) is 23.7 Å². The average molecular weight is 465 g/mol. The number of sulfonamides is 1. The van der Waals surface area contributed by atoms with E-state index in [0.29, 0.717) is 36.3 Å². The number of benzene rings is 2. The highest BCUT2D eigenvalue weighted by Gasteiger charge is 2.21. The van der Waals surface area contributed by atoms with Gasteiger partial charge in [0.2, 0.25) is 10.0 Å². The first-order valence-corrected chi connectivity index (χ1v) is 11.6. The van der Waals surface area contributed by atoms with E-state index in [1.165, 1.54) is 43.3 Å². The molecule has 0 aliphatic rings. The average Bonchev–Trinajstić information content (AvgIpc) is 2.72. The molecule has 174 valence electrons. The molecular weight excluding hydrogens is 436 g/mol. The van der Waals surface area contributed by atoms with E-state index in [1.807, 2.05) is 20.8 Å². The van der Waals surface area contributed by atoms with Crippen LogP contribution in [0.5, 0.6) is 11.5 Å². The second-order valence-electron chi connectivity index (χ2n) is 7.41. The molecule has 0 saturated carbocycles. The largest absolute Gasteiger partial charge is 0.490 e. The molecule has 2 aromatic carbocycles. The summed E-state index contributed by atoms with van der Waals surface area (Å²) >= 11 is 0. The topological polar surface area (TPSA) is 134 Å². The Labute approximate surface area is 187 Å². The third kappa shape index (κ3) is 7.24. The smallest absolute Gasteiger partial charge is 0.339 e. The maximum absolute atomic E-state index is 12.5. The van der Waals surface area contributed by atoms with Gasteiger partial charge in [-0.15, -0.1) is 0 Å². The van der Waals surface area contributed by atoms with Crippen molar-refractivity contribution in [2.45, 2.75) is 38.7 Å². The molecular formula is C22H28N2O7S. The van der Waals surface area contributed by atoms with Crippen molar-refractivity contribution in [1.82, 2.24) is 0 Å². The van der Waals surface area contributed by atoms with Crippen LogP contribution in [0.2, 0.25) is 0 Å². The molecule has 0 aliphatic heterocycles. The molecule has 1 amide bonds. The van der Waals surface area contributed by atoms with Crippen molar-refractivity contribution >= 4 is 27.6 Å². The first-order chi connectivity index (χ1) is 15.0. The molecule has 0 unspecified atom stereocenters. The summed E-state index contributed by atoms with van der Waals surface area (Å²) in [6.45, 7) is 8.17. The standard InChI is InChI=1S/C22H28N2O7S/c1-5-29-20-12-16(6-11-19(20)30-13-14(2)3)22(26)31-15(4)21(25)24-17-7-9-18(10-8-17)32(23,27)28/h6-12,14-15H,5,13H2,1-4H3,(H,24,25)(H2,23,27,28)/t15-/m0/s1. The van der Waals surface area contributed by atoms with E-state index in [9.17, 15) is 18.0 Å². The number of primary sulfonamides is 1. The number of hydrogen-bond donors (Lipinski definition) is 2. The number of esters is 1. The van der Waals surface area contributed by atoms with Gasteiger partial charge < -0.3 is 19.5 Å². The normalized spacial score (nSPS) is 12.2. The molecule has 0 aromatic heterocycles. The third-order valence-corrected chi connectivity index (χ3v) is 5.08. The number of ether oxygens (including phenoxy) is 3. The molecule has 1 atom stereocenters. The fraction of sp³-hybridized carbons (Fsp3) is 0.364. The molecule has 9 nitrogen and oxygen atoms in total. The molecule has 2 aromatic rings. The van der Waals surface area contributed by atoms with Crippen LogP contribution in [0.15, 0.2) is 47.4 Å². The lowest BCUT2D eigenvalue weighted by Crippen LogP contribution is -2.30. The number of hydrogen-bond acceptors (Lipinski definition) is 7. The lowest BCUT2D eigenvalue weighted by atomic mass is 10.2. The Morgan fingerprint density at radius 2 is 1.66 bits per heavy atom. The van der Waals surface area contributed by atoms with E-state index in [1.54, 1.807) is 6.07 Å². The van der Waals surface area contributed by atoms with E-state index in [-0.39, 0.29) is 10.5 Å². The van der Waals surface area contributed by atoms with Gasteiger partial charge in [0, 0.05) is 5.69 Å². The quantitative estimate of drug-likeness (QED) is 0.516. The molecule has 2 rings (SSSR count). The van der Waals surface area contributed by atoms with Crippen LogP contribution in [0, 0.1) is 5.92 Å². The van der Waals surface area contributed by atoms with Crippen molar-refractivity contribution in [3.8, 4) is 11.5 Å². The van der Waals surface area contributed by atoms with E-state index in [2.05, 4.69) is 5.32 Å². The highest BCUT2D eigenvalue weighted by Crippen LogP contribution is 2.29. The minimum absolute atomic E-state index is 0.0825. The van der Waals surface area contributed by atoms with Gasteiger partial charge in [0.25, 0.3) is 5.91 Å². The van der Waals surface area contributed by atoms with Gasteiger partial charge in [-0.3, -0.25) is 4.79 Å². The lowest BCUT2D eigenvalue weighted by Gasteiger charge is -2.16. The number of anilines is 1. The van der Waals surface area contributed by atoms with E-state index in [0.717, 1.165) is 0 Å². The van der Waals surface area contributed by atoms with Crippen LogP contribution in [0.4, 0.5) is 5.69 Å². The molecule has 0 radical (unpaired) electrons. The van der Waals surface area contributed by atoms with Gasteiger partial charge in [-0.25, -0.2) is 18.4 Å². The molecule has 0 fully saturated rings. The highest BCUT2D eigenvalue weighted by molar-refractivity contribution is 7.89. The molecule has 0 aliphatic carbocycles. The summed E-state index contributed by atoms with van der Waals surface area (Å²) in [6, 6.07) is 9.98. The Balaban J connectivity index is 2.04. The van der Waals surface area contributed by atoms with Crippen LogP contribution >= 0.6 is 0 Å². The van der Waals surface area contributed by atoms with Crippen molar-refractivity contribution in [3.63, 3.8) is 0 Å². The summed E-state index contributed by atoms with van der Waals surface area (Å²) in [5.41, 5.74) is 0.540. The zero-order valence-electron chi connectivity index (χ0n) is 18.5. The molecule has 10 heteroatoms. The van der Waals surface area contributed by atoms with Crippen molar-refractivity contribution in [2.24, 2.45) is 11.1 Å². The fourth-order valence-electron chi connectivity index (χ4n) is 2.53. The minimum Gasteiger partial charge on any atom is -0.490 e. The first-order valence-electron chi connectivity index (χ1n) is 10.1. The molecule has 0 saturated heterocycles. The highest BCUT2D eigenvalue weighted by atomic mass is 32.2. The summed E-state index contributed by atoms with van der Waals surface area (Å²) in [5.74, 6) is -0.0258. The number of nitrogens with two attached hydrogens (primary N) is 1.